The van der Waals surface area contributed by atoms with E-state index in [9.17, 15) is 22.8 Å². The van der Waals surface area contributed by atoms with E-state index in [4.69, 9.17) is 19.5 Å². The molecule has 0 bridgehead atoms. The van der Waals surface area contributed by atoms with Crippen molar-refractivity contribution in [2.24, 2.45) is 0 Å². The first kappa shape index (κ1) is 37.3. The Hall–Kier alpha value is -5.57. The molecule has 266 valence electrons. The number of methoxy groups -OCH3 is 1. The number of nitrogens with zero attached hydrogens (tertiary/aromatic N) is 1. The van der Waals surface area contributed by atoms with Crippen LogP contribution in [0.5, 0.6) is 5.75 Å². The molecule has 2 aromatic heterocycles. The van der Waals surface area contributed by atoms with Gasteiger partial charge in [-0.1, -0.05) is 36.4 Å². The van der Waals surface area contributed by atoms with Gasteiger partial charge in [-0.3, -0.25) is 9.63 Å². The van der Waals surface area contributed by atoms with Crippen molar-refractivity contribution >= 4 is 39.6 Å². The van der Waals surface area contributed by atoms with Crippen LogP contribution in [0, 0.1) is 6.92 Å². The van der Waals surface area contributed by atoms with Gasteiger partial charge in [0, 0.05) is 28.7 Å². The molecule has 50 heavy (non-hydrogen) atoms. The van der Waals surface area contributed by atoms with E-state index in [0.29, 0.717) is 25.4 Å². The maximum atomic E-state index is 13.5. The Bertz CT molecular complexity index is 1920. The van der Waals surface area contributed by atoms with Crippen LogP contribution in [0.25, 0.3) is 32.9 Å². The summed E-state index contributed by atoms with van der Waals surface area (Å²) in [6, 6.07) is 19.6. The minimum Gasteiger partial charge on any atom is -0.497 e. The molecule has 6 N–H and O–H groups in total. The number of aromatic nitrogens is 3. The maximum Gasteiger partial charge on any atom is 0.490 e. The zero-order valence-electron chi connectivity index (χ0n) is 27.7. The van der Waals surface area contributed by atoms with Crippen molar-refractivity contribution in [1.82, 2.24) is 31.1 Å². The molecule has 0 aliphatic rings. The van der Waals surface area contributed by atoms with E-state index in [1.54, 1.807) is 14.0 Å². The van der Waals surface area contributed by atoms with E-state index < -0.39 is 12.1 Å². The number of hydroxylamine groups is 1. The predicted molar refractivity (Wildman–Crippen MR) is 181 cm³/mol. The van der Waals surface area contributed by atoms with Crippen LogP contribution in [0.1, 0.15) is 49.3 Å². The Morgan fingerprint density at radius 3 is 2.44 bits per heavy atom. The predicted octanol–water partition coefficient (Wildman–Crippen LogP) is 6.48. The molecule has 0 spiro atoms. The van der Waals surface area contributed by atoms with E-state index >= 15 is 0 Å². The fourth-order valence-electron chi connectivity index (χ4n) is 5.27. The van der Waals surface area contributed by atoms with Gasteiger partial charge >= 0.3 is 18.2 Å². The molecule has 2 heterocycles. The summed E-state index contributed by atoms with van der Waals surface area (Å²) in [6.07, 6.45) is -0.923. The van der Waals surface area contributed by atoms with Crippen LogP contribution in [0.2, 0.25) is 0 Å². The highest BCUT2D eigenvalue weighted by molar-refractivity contribution is 5.91. The normalized spacial score (nSPS) is 11.8. The number of amides is 3. The number of rotatable bonds is 13. The Kier molecular flexibility index (Phi) is 12.8. The number of halogens is 3. The zero-order chi connectivity index (χ0) is 36.3. The van der Waals surface area contributed by atoms with Gasteiger partial charge in [0.1, 0.15) is 11.6 Å². The number of benzene rings is 3. The number of urea groups is 1. The van der Waals surface area contributed by atoms with Gasteiger partial charge in [-0.25, -0.2) is 20.1 Å². The van der Waals surface area contributed by atoms with Crippen molar-refractivity contribution in [2.75, 3.05) is 20.3 Å². The van der Waals surface area contributed by atoms with Gasteiger partial charge in [-0.05, 0) is 73.7 Å². The number of carboxylic acid groups (broad SMARTS) is 1. The first-order valence-corrected chi connectivity index (χ1v) is 15.8. The van der Waals surface area contributed by atoms with Crippen LogP contribution in [0.3, 0.4) is 0 Å². The van der Waals surface area contributed by atoms with Crippen molar-refractivity contribution < 1.29 is 42.2 Å². The van der Waals surface area contributed by atoms with Crippen molar-refractivity contribution in [2.45, 2.75) is 51.7 Å². The molecular weight excluding hydrogens is 657 g/mol. The van der Waals surface area contributed by atoms with Crippen molar-refractivity contribution in [3.05, 3.63) is 83.9 Å². The van der Waals surface area contributed by atoms with Gasteiger partial charge in [0.15, 0.2) is 0 Å². The monoisotopic (exact) mass is 696 g/mol. The van der Waals surface area contributed by atoms with Gasteiger partial charge in [0.2, 0.25) is 5.91 Å². The summed E-state index contributed by atoms with van der Waals surface area (Å²) in [5.74, 6) is -1.43. The lowest BCUT2D eigenvalue weighted by Crippen LogP contribution is -2.36. The minimum atomic E-state index is -5.08. The number of hydrogen-bond donors (Lipinski definition) is 6. The Balaban J connectivity index is 0.000000727. The molecule has 12 nitrogen and oxygen atoms in total. The highest BCUT2D eigenvalue weighted by Gasteiger charge is 2.38. The molecule has 5 aromatic rings. The lowest BCUT2D eigenvalue weighted by molar-refractivity contribution is -0.192. The van der Waals surface area contributed by atoms with Crippen molar-refractivity contribution in [3.8, 4) is 17.0 Å². The fraction of sp³-hybridized carbons (Fsp3) is 0.314. The summed E-state index contributed by atoms with van der Waals surface area (Å²) >= 11 is 0. The number of ether oxygens (including phenoxy) is 1. The molecule has 0 aliphatic carbocycles. The number of aromatic amines is 2. The molecule has 0 unspecified atom stereocenters. The van der Waals surface area contributed by atoms with Crippen molar-refractivity contribution in [3.63, 3.8) is 0 Å². The highest BCUT2D eigenvalue weighted by Crippen LogP contribution is 2.28. The number of alkyl halides is 3. The maximum absolute atomic E-state index is 13.5. The zero-order valence-corrected chi connectivity index (χ0v) is 27.7. The minimum absolute atomic E-state index is 0.102. The van der Waals surface area contributed by atoms with Crippen LogP contribution in [0.15, 0.2) is 66.9 Å². The highest BCUT2D eigenvalue weighted by atomic mass is 19.4. The number of nitrogens with one attached hydrogen (secondary N) is 5. The van der Waals surface area contributed by atoms with Gasteiger partial charge in [-0.15, -0.1) is 0 Å². The SMILES string of the molecule is CCONC(=O)NCCCC[C@H](NC(=O)Cc1c(C)[nH]c2ccc(OC)cc12)c1ncc(-c2ccc3ccccc3c2)[nH]1.O=C(O)C(F)(F)F. The van der Waals surface area contributed by atoms with Crippen LogP contribution in [0.4, 0.5) is 18.0 Å². The van der Waals surface area contributed by atoms with E-state index in [-0.39, 0.29) is 24.4 Å². The molecular formula is C35H39F3N6O6. The lowest BCUT2D eigenvalue weighted by atomic mass is 10.0. The number of fused-ring (bicyclic) bond motifs is 2. The van der Waals surface area contributed by atoms with E-state index in [1.807, 2.05) is 43.5 Å². The number of carboxylic acids is 1. The first-order chi connectivity index (χ1) is 23.9. The molecule has 0 saturated carbocycles. The second kappa shape index (κ2) is 17.2. The quantitative estimate of drug-likeness (QED) is 0.0604. The molecule has 3 aromatic carbocycles. The third-order valence-electron chi connectivity index (χ3n) is 7.74. The summed E-state index contributed by atoms with van der Waals surface area (Å²) in [7, 11) is 1.63. The molecule has 3 amide bonds. The van der Waals surface area contributed by atoms with Gasteiger partial charge in [0.05, 0.1) is 38.1 Å². The van der Waals surface area contributed by atoms with E-state index in [0.717, 1.165) is 57.4 Å². The Morgan fingerprint density at radius 2 is 1.74 bits per heavy atom. The smallest absolute Gasteiger partial charge is 0.490 e. The lowest BCUT2D eigenvalue weighted by Gasteiger charge is -2.17. The Labute approximate surface area is 285 Å². The number of aryl methyl sites for hydroxylation is 1. The molecule has 0 fully saturated rings. The van der Waals surface area contributed by atoms with Crippen molar-refractivity contribution in [1.29, 1.82) is 0 Å². The molecule has 0 saturated heterocycles. The van der Waals surface area contributed by atoms with Crippen LogP contribution in [-0.2, 0) is 20.8 Å². The molecule has 0 radical (unpaired) electrons. The average molecular weight is 697 g/mol. The topological polar surface area (TPSA) is 170 Å². The number of hydrogen-bond acceptors (Lipinski definition) is 6. The molecule has 15 heteroatoms. The standard InChI is InChI=1S/C33H38N6O4.C2HF3O2/c1-4-43-39-33(41)34-16-8-7-11-29(32-35-20-30(38-32)24-13-12-22-9-5-6-10-23(22)17-24)37-31(40)19-26-21(2)36-28-15-14-25(42-3)18-27(26)28;3-2(4,5)1(6)7/h5-6,9-10,12-15,17-18,20,29,36H,4,7-8,11,16,19H2,1-3H3,(H,35,38)(H,37,40)(H2,34,39,41);(H,6,7)/t29-;/m0./s1. The molecule has 1 atom stereocenters. The second-order valence-corrected chi connectivity index (χ2v) is 11.3. The second-order valence-electron chi connectivity index (χ2n) is 11.3. The number of aliphatic carboxylic acids is 1. The third-order valence-corrected chi connectivity index (χ3v) is 7.74. The van der Waals surface area contributed by atoms with Gasteiger partial charge in [0.25, 0.3) is 0 Å². The number of carbonyl (C=O) groups excluding carboxylic acids is 2. The number of unbranched alkanes of at least 4 members (excludes halogenated alkanes) is 1. The Morgan fingerprint density at radius 1 is 1.00 bits per heavy atom. The number of imidazole rings is 1. The number of carbonyl (C=O) groups is 3. The summed E-state index contributed by atoms with van der Waals surface area (Å²) in [6.45, 7) is 4.65. The molecule has 0 aliphatic heterocycles. The molecule has 5 rings (SSSR count). The van der Waals surface area contributed by atoms with E-state index in [1.165, 1.54) is 5.39 Å². The summed E-state index contributed by atoms with van der Waals surface area (Å²) < 4.78 is 37.1. The summed E-state index contributed by atoms with van der Waals surface area (Å²) in [4.78, 5) is 50.6. The van der Waals surface area contributed by atoms with Gasteiger partial charge < -0.3 is 30.4 Å². The average Bonchev–Trinajstić information content (AvgIpc) is 3.70. The first-order valence-electron chi connectivity index (χ1n) is 15.8. The van der Waals surface area contributed by atoms with Crippen LogP contribution in [-0.4, -0.2) is 64.4 Å². The summed E-state index contributed by atoms with van der Waals surface area (Å²) in [5.41, 5.74) is 7.08. The summed E-state index contributed by atoms with van der Waals surface area (Å²) in [5, 5.41) is 16.4. The van der Waals surface area contributed by atoms with Crippen LogP contribution < -0.4 is 20.9 Å². The number of H-pyrrole nitrogens is 2. The van der Waals surface area contributed by atoms with E-state index in [2.05, 4.69) is 61.4 Å². The third kappa shape index (κ3) is 10.2. The van der Waals surface area contributed by atoms with Crippen LogP contribution >= 0.6 is 0 Å². The van der Waals surface area contributed by atoms with Gasteiger partial charge in [-0.2, -0.15) is 13.2 Å². The largest absolute Gasteiger partial charge is 0.497 e. The fourth-order valence-corrected chi connectivity index (χ4v) is 5.27.